The van der Waals surface area contributed by atoms with E-state index in [1.807, 2.05) is 0 Å². The molecule has 3 aliphatic rings. The minimum absolute atomic E-state index is 0.140. The second kappa shape index (κ2) is 6.11. The van der Waals surface area contributed by atoms with Gasteiger partial charge < -0.3 is 4.57 Å². The molecular formula is C29H29N. The van der Waals surface area contributed by atoms with Gasteiger partial charge in [0.25, 0.3) is 0 Å². The molecule has 0 bridgehead atoms. The standard InChI is InChI=1S/C29H29N/c1-18-9-13-27-23(15-18)24-16-19(2)10-14-28(24)30(27)20-11-12-22-21-7-5-6-8-25(21)29(3,4)26(22)17-20/h5-15,17,19,21,25H,16H2,1-4H3. The van der Waals surface area contributed by atoms with Crippen LogP contribution in [0.2, 0.25) is 0 Å². The summed E-state index contributed by atoms with van der Waals surface area (Å²) in [5.41, 5.74) is 9.97. The number of benzene rings is 2. The van der Waals surface area contributed by atoms with Crippen molar-refractivity contribution < 1.29 is 0 Å². The summed E-state index contributed by atoms with van der Waals surface area (Å²) in [6.07, 6.45) is 15.1. The Labute approximate surface area is 179 Å². The predicted molar refractivity (Wildman–Crippen MR) is 127 cm³/mol. The summed E-state index contributed by atoms with van der Waals surface area (Å²) in [4.78, 5) is 0. The Balaban J connectivity index is 1.60. The molecule has 30 heavy (non-hydrogen) atoms. The summed E-state index contributed by atoms with van der Waals surface area (Å²) >= 11 is 0. The van der Waals surface area contributed by atoms with E-state index in [2.05, 4.69) is 105 Å². The van der Waals surface area contributed by atoms with Crippen molar-refractivity contribution in [3.63, 3.8) is 0 Å². The van der Waals surface area contributed by atoms with Crippen molar-refractivity contribution in [2.75, 3.05) is 0 Å². The van der Waals surface area contributed by atoms with E-state index >= 15 is 0 Å². The molecule has 0 amide bonds. The Kier molecular flexibility index (Phi) is 3.67. The number of aromatic nitrogens is 1. The van der Waals surface area contributed by atoms with Gasteiger partial charge in [0, 0.05) is 22.7 Å². The van der Waals surface area contributed by atoms with Crippen LogP contribution in [0.25, 0.3) is 22.7 Å². The van der Waals surface area contributed by atoms with Gasteiger partial charge in [-0.1, -0.05) is 68.8 Å². The first-order valence-corrected chi connectivity index (χ1v) is 11.3. The average Bonchev–Trinajstić information content (AvgIpc) is 3.17. The molecular weight excluding hydrogens is 362 g/mol. The number of fused-ring (bicyclic) bond motifs is 6. The van der Waals surface area contributed by atoms with E-state index < -0.39 is 0 Å². The summed E-state index contributed by atoms with van der Waals surface area (Å²) in [5, 5.41) is 1.42. The number of nitrogens with zero attached hydrogens (tertiary/aromatic N) is 1. The Morgan fingerprint density at radius 3 is 2.67 bits per heavy atom. The van der Waals surface area contributed by atoms with Crippen molar-refractivity contribution in [3.8, 4) is 5.69 Å². The highest BCUT2D eigenvalue weighted by Gasteiger charge is 2.44. The van der Waals surface area contributed by atoms with E-state index in [1.165, 1.54) is 44.5 Å². The number of rotatable bonds is 1. The number of allylic oxidation sites excluding steroid dienone is 5. The molecule has 0 N–H and O–H groups in total. The summed E-state index contributed by atoms with van der Waals surface area (Å²) in [5.74, 6) is 1.65. The van der Waals surface area contributed by atoms with Crippen LogP contribution in [0.5, 0.6) is 0 Å². The molecule has 1 nitrogen and oxygen atoms in total. The zero-order valence-corrected chi connectivity index (χ0v) is 18.3. The van der Waals surface area contributed by atoms with Crippen LogP contribution in [0.15, 0.2) is 66.8 Å². The van der Waals surface area contributed by atoms with Gasteiger partial charge in [-0.25, -0.2) is 0 Å². The molecule has 3 aromatic rings. The fourth-order valence-corrected chi connectivity index (χ4v) is 6.11. The van der Waals surface area contributed by atoms with Crippen LogP contribution in [0.1, 0.15) is 54.6 Å². The van der Waals surface area contributed by atoms with Crippen LogP contribution in [-0.2, 0) is 11.8 Å². The summed E-state index contributed by atoms with van der Waals surface area (Å²) in [6, 6.07) is 14.1. The first-order valence-electron chi connectivity index (χ1n) is 11.3. The van der Waals surface area contributed by atoms with Crippen LogP contribution < -0.4 is 0 Å². The Bertz CT molecular complexity index is 1280. The van der Waals surface area contributed by atoms with Gasteiger partial charge in [-0.15, -0.1) is 0 Å². The van der Waals surface area contributed by atoms with E-state index in [0.717, 1.165) is 6.42 Å². The van der Waals surface area contributed by atoms with Gasteiger partial charge in [0.05, 0.1) is 5.52 Å². The molecule has 1 heteroatoms. The first-order chi connectivity index (χ1) is 14.4. The van der Waals surface area contributed by atoms with E-state index in [0.29, 0.717) is 17.8 Å². The van der Waals surface area contributed by atoms with Gasteiger partial charge in [-0.2, -0.15) is 0 Å². The van der Waals surface area contributed by atoms with Gasteiger partial charge in [0.2, 0.25) is 0 Å². The molecule has 1 aromatic heterocycles. The molecule has 3 unspecified atom stereocenters. The van der Waals surface area contributed by atoms with Crippen LogP contribution in [-0.4, -0.2) is 4.57 Å². The summed E-state index contributed by atoms with van der Waals surface area (Å²) in [6.45, 7) is 9.35. The zero-order valence-electron chi connectivity index (χ0n) is 18.3. The smallest absolute Gasteiger partial charge is 0.0537 e. The molecule has 3 atom stereocenters. The molecule has 0 spiro atoms. The van der Waals surface area contributed by atoms with Crippen molar-refractivity contribution in [2.24, 2.45) is 11.8 Å². The van der Waals surface area contributed by atoms with Crippen LogP contribution in [0, 0.1) is 18.8 Å². The quantitative estimate of drug-likeness (QED) is 0.411. The minimum Gasteiger partial charge on any atom is -0.310 e. The minimum atomic E-state index is 0.140. The largest absolute Gasteiger partial charge is 0.310 e. The van der Waals surface area contributed by atoms with E-state index in [9.17, 15) is 0 Å². The van der Waals surface area contributed by atoms with Crippen molar-refractivity contribution in [2.45, 2.75) is 45.4 Å². The van der Waals surface area contributed by atoms with Gasteiger partial charge in [0.1, 0.15) is 0 Å². The molecule has 2 aromatic carbocycles. The maximum absolute atomic E-state index is 2.50. The third kappa shape index (κ3) is 2.35. The van der Waals surface area contributed by atoms with Crippen molar-refractivity contribution in [1.82, 2.24) is 4.57 Å². The lowest BCUT2D eigenvalue weighted by atomic mass is 9.74. The molecule has 3 aliphatic carbocycles. The molecule has 0 aliphatic heterocycles. The van der Waals surface area contributed by atoms with Crippen molar-refractivity contribution >= 4 is 17.0 Å². The lowest BCUT2D eigenvalue weighted by Crippen LogP contribution is -2.24. The zero-order chi connectivity index (χ0) is 20.6. The average molecular weight is 392 g/mol. The number of aryl methyl sites for hydroxylation is 1. The molecule has 1 heterocycles. The van der Waals surface area contributed by atoms with Crippen molar-refractivity contribution in [1.29, 1.82) is 0 Å². The third-order valence-electron chi connectivity index (χ3n) is 7.69. The highest BCUT2D eigenvalue weighted by Crippen LogP contribution is 2.53. The lowest BCUT2D eigenvalue weighted by molar-refractivity contribution is 0.394. The number of hydrogen-bond acceptors (Lipinski definition) is 0. The van der Waals surface area contributed by atoms with Crippen LogP contribution in [0.3, 0.4) is 0 Å². The molecule has 150 valence electrons. The predicted octanol–water partition coefficient (Wildman–Crippen LogP) is 7.26. The molecule has 0 saturated carbocycles. The van der Waals surface area contributed by atoms with Crippen LogP contribution in [0.4, 0.5) is 0 Å². The maximum atomic E-state index is 2.50. The molecule has 0 saturated heterocycles. The fourth-order valence-electron chi connectivity index (χ4n) is 6.11. The van der Waals surface area contributed by atoms with Gasteiger partial charge >= 0.3 is 0 Å². The van der Waals surface area contributed by atoms with Gasteiger partial charge in [0.15, 0.2) is 0 Å². The van der Waals surface area contributed by atoms with Gasteiger partial charge in [-0.3, -0.25) is 0 Å². The Hall–Kier alpha value is -2.80. The molecule has 6 rings (SSSR count). The maximum Gasteiger partial charge on any atom is 0.0537 e. The normalized spacial score (nSPS) is 25.4. The van der Waals surface area contributed by atoms with E-state index in [4.69, 9.17) is 0 Å². The summed E-state index contributed by atoms with van der Waals surface area (Å²) < 4.78 is 2.50. The second-order valence-electron chi connectivity index (χ2n) is 10.1. The van der Waals surface area contributed by atoms with E-state index in [1.54, 1.807) is 0 Å². The van der Waals surface area contributed by atoms with Gasteiger partial charge in [-0.05, 0) is 77.6 Å². The SMILES string of the molecule is Cc1ccc2c(c1)c1c(n2-c2ccc3c(c2)C(C)(C)C2C=CC=CC32)C=CC(C)C1. The highest BCUT2D eigenvalue weighted by atomic mass is 15.0. The third-order valence-corrected chi connectivity index (χ3v) is 7.69. The topological polar surface area (TPSA) is 4.93 Å². The molecule has 0 radical (unpaired) electrons. The second-order valence-corrected chi connectivity index (χ2v) is 10.1. The lowest BCUT2D eigenvalue weighted by Gasteiger charge is -2.29. The monoisotopic (exact) mass is 391 g/mol. The molecule has 0 fully saturated rings. The Morgan fingerprint density at radius 2 is 1.80 bits per heavy atom. The highest BCUT2D eigenvalue weighted by molar-refractivity contribution is 5.91. The Morgan fingerprint density at radius 1 is 0.967 bits per heavy atom. The van der Waals surface area contributed by atoms with Crippen molar-refractivity contribution in [3.05, 3.63) is 94.7 Å². The summed E-state index contributed by atoms with van der Waals surface area (Å²) in [7, 11) is 0. The number of hydrogen-bond donors (Lipinski definition) is 0. The fraction of sp³-hybridized carbons (Fsp3) is 0.310. The van der Waals surface area contributed by atoms with E-state index in [-0.39, 0.29) is 5.41 Å². The first kappa shape index (κ1) is 18.0. The van der Waals surface area contributed by atoms with Crippen LogP contribution >= 0.6 is 0 Å².